The van der Waals surface area contributed by atoms with Gasteiger partial charge in [-0.05, 0) is 17.4 Å². The molecule has 39 heavy (non-hydrogen) atoms. The van der Waals surface area contributed by atoms with Gasteiger partial charge in [0.15, 0.2) is 0 Å². The first kappa shape index (κ1) is 28.6. The van der Waals surface area contributed by atoms with Crippen LogP contribution in [0.5, 0.6) is 5.75 Å². The number of hydrogen-bond acceptors (Lipinski definition) is 5. The fourth-order valence-electron chi connectivity index (χ4n) is 3.79. The van der Waals surface area contributed by atoms with Crippen molar-refractivity contribution in [3.8, 4) is 5.75 Å². The van der Waals surface area contributed by atoms with Crippen LogP contribution in [0.1, 0.15) is 30.9 Å². The molecule has 0 aliphatic carbocycles. The van der Waals surface area contributed by atoms with Gasteiger partial charge in [0.1, 0.15) is 6.61 Å². The number of rotatable bonds is 7. The van der Waals surface area contributed by atoms with Crippen molar-refractivity contribution < 1.29 is 19.4 Å². The average Bonchev–Trinajstić information content (AvgIpc) is 3.27. The Hall–Kier alpha value is -3.36. The van der Waals surface area contributed by atoms with Gasteiger partial charge in [0, 0.05) is 6.42 Å². The summed E-state index contributed by atoms with van der Waals surface area (Å²) in [6, 6.07) is 30.5. The van der Waals surface area contributed by atoms with Gasteiger partial charge >= 0.3 is 149 Å². The molecule has 1 heterocycles. The number of nitrogens with one attached hydrogen (secondary N) is 1. The third-order valence-corrected chi connectivity index (χ3v) is 7.35. The Morgan fingerprint density at radius 1 is 1.00 bits per heavy atom. The second-order valence-electron chi connectivity index (χ2n) is 8.98. The molecule has 6 nitrogen and oxygen atoms in total. The van der Waals surface area contributed by atoms with Crippen molar-refractivity contribution in [2.24, 2.45) is 4.99 Å². The Balaban J connectivity index is 0.000000531. The van der Waals surface area contributed by atoms with E-state index in [-0.39, 0.29) is 5.91 Å². The Kier molecular flexibility index (Phi) is 10.4. The van der Waals surface area contributed by atoms with Crippen LogP contribution >= 0.6 is 11.8 Å². The maximum atomic E-state index is 12.6. The van der Waals surface area contributed by atoms with Crippen molar-refractivity contribution in [2.75, 3.05) is 5.32 Å². The fraction of sp³-hybridized carbons (Fsp3) is 0.129. The van der Waals surface area contributed by atoms with E-state index in [1.807, 2.05) is 73.7 Å². The molecule has 0 unspecified atom stereocenters. The molecule has 0 fully saturated rings. The first-order chi connectivity index (χ1) is 18.9. The molecule has 192 valence electrons. The summed E-state index contributed by atoms with van der Waals surface area (Å²) in [6.45, 7) is 2.30. The average molecular weight is 547 g/mol. The summed E-state index contributed by atoms with van der Waals surface area (Å²) in [5.41, 5.74) is 2.87. The number of ether oxygens (including phenoxy) is 1. The molecular weight excluding hydrogens is 519 g/mol. The molecular formula is C31H27N2NaO4S. The van der Waals surface area contributed by atoms with Gasteiger partial charge < -0.3 is 5.11 Å². The van der Waals surface area contributed by atoms with E-state index in [1.54, 1.807) is 0 Å². The normalized spacial score (nSPS) is 13.6. The van der Waals surface area contributed by atoms with Gasteiger partial charge in [-0.15, -0.1) is 0 Å². The zero-order valence-corrected chi connectivity index (χ0v) is 24.7. The van der Waals surface area contributed by atoms with Crippen LogP contribution in [-0.4, -0.2) is 50.1 Å². The molecule has 0 saturated heterocycles. The number of aliphatic carboxylic acids is 1. The van der Waals surface area contributed by atoms with E-state index < -0.39 is 5.97 Å². The maximum absolute atomic E-state index is 12.6. The minimum atomic E-state index is -0.711. The second-order valence-corrected chi connectivity index (χ2v) is 11.2. The van der Waals surface area contributed by atoms with Gasteiger partial charge in [-0.2, -0.15) is 0 Å². The number of carbonyl (C=O) groups is 2. The van der Waals surface area contributed by atoms with Gasteiger partial charge in [-0.1, -0.05) is 61.5 Å². The number of aliphatic imine (C=N–C) groups is 1. The predicted octanol–water partition coefficient (Wildman–Crippen LogP) is 6.17. The third kappa shape index (κ3) is 8.57. The zero-order valence-electron chi connectivity index (χ0n) is 21.9. The van der Waals surface area contributed by atoms with Crippen LogP contribution in [0.15, 0.2) is 101 Å². The molecule has 0 bridgehead atoms. The summed E-state index contributed by atoms with van der Waals surface area (Å²) in [5.74, 6) is -0.218. The number of carboxylic acids is 1. The predicted molar refractivity (Wildman–Crippen MR) is 161 cm³/mol. The minimum Gasteiger partial charge on any atom is -0.0622 e. The topological polar surface area (TPSA) is 88.0 Å². The number of anilines is 1. The second kappa shape index (κ2) is 14.1. The SMILES string of the molecule is CCCC(=O)O.O=C1N=C(Nc2cc[c]([Na])cc2)SC1=Cc1cc2ccccc2cc1OCc1ccccc1. The first-order valence-corrected chi connectivity index (χ1v) is 14.5. The number of hydrogen-bond donors (Lipinski definition) is 2. The Morgan fingerprint density at radius 3 is 2.31 bits per heavy atom. The van der Waals surface area contributed by atoms with Crippen molar-refractivity contribution in [1.29, 1.82) is 0 Å². The van der Waals surface area contributed by atoms with E-state index in [1.165, 1.54) is 14.6 Å². The fourth-order valence-corrected chi connectivity index (χ4v) is 4.95. The van der Waals surface area contributed by atoms with Gasteiger partial charge in [-0.25, -0.2) is 0 Å². The van der Waals surface area contributed by atoms with E-state index in [0.717, 1.165) is 67.7 Å². The van der Waals surface area contributed by atoms with Crippen LogP contribution in [0.25, 0.3) is 16.8 Å². The molecule has 1 amide bonds. The van der Waals surface area contributed by atoms with Gasteiger partial charge in [0.05, 0.1) is 0 Å². The number of amides is 1. The van der Waals surface area contributed by atoms with E-state index in [2.05, 4.69) is 40.6 Å². The summed E-state index contributed by atoms with van der Waals surface area (Å²) >= 11 is 2.35. The van der Waals surface area contributed by atoms with Crippen LogP contribution < -0.4 is 12.9 Å². The third-order valence-electron chi connectivity index (χ3n) is 5.79. The van der Waals surface area contributed by atoms with Crippen LogP contribution in [0.4, 0.5) is 5.69 Å². The molecule has 1 aliphatic rings. The van der Waals surface area contributed by atoms with Gasteiger partial charge in [0.25, 0.3) is 0 Å². The Morgan fingerprint density at radius 2 is 1.67 bits per heavy atom. The molecule has 8 heteroatoms. The van der Waals surface area contributed by atoms with Crippen molar-refractivity contribution in [3.63, 3.8) is 0 Å². The number of fused-ring (bicyclic) bond motifs is 1. The number of amidine groups is 1. The summed E-state index contributed by atoms with van der Waals surface area (Å²) in [4.78, 5) is 27.0. The summed E-state index contributed by atoms with van der Waals surface area (Å²) in [6.07, 6.45) is 2.90. The Bertz CT molecular complexity index is 1520. The van der Waals surface area contributed by atoms with Crippen molar-refractivity contribution in [3.05, 3.63) is 107 Å². The molecule has 0 radical (unpaired) electrons. The monoisotopic (exact) mass is 546 g/mol. The van der Waals surface area contributed by atoms with Gasteiger partial charge in [0.2, 0.25) is 0 Å². The minimum absolute atomic E-state index is 0.246. The Labute approximate surface area is 249 Å². The zero-order chi connectivity index (χ0) is 27.6. The summed E-state index contributed by atoms with van der Waals surface area (Å²) in [7, 11) is 0. The van der Waals surface area contributed by atoms with Crippen molar-refractivity contribution in [1.82, 2.24) is 0 Å². The molecule has 0 aromatic heterocycles. The van der Waals surface area contributed by atoms with Crippen LogP contribution in [0.2, 0.25) is 0 Å². The number of carbonyl (C=O) groups excluding carboxylic acids is 1. The van der Waals surface area contributed by atoms with Crippen LogP contribution in [-0.2, 0) is 16.2 Å². The first-order valence-electron chi connectivity index (χ1n) is 12.7. The molecule has 4 aromatic carbocycles. The number of nitrogens with zero attached hydrogens (tertiary/aromatic N) is 1. The van der Waals surface area contributed by atoms with Crippen molar-refractivity contribution >= 4 is 82.1 Å². The molecule has 0 atom stereocenters. The smallest absolute Gasteiger partial charge is 0.0622 e. The summed E-state index contributed by atoms with van der Waals surface area (Å²) < 4.78 is 7.51. The molecule has 4 aromatic rings. The number of carboxylic acid groups (broad SMARTS) is 1. The van der Waals surface area contributed by atoms with Crippen LogP contribution in [0, 0.1) is 0 Å². The molecule has 5 rings (SSSR count). The number of benzene rings is 4. The number of thioether (sulfide) groups is 1. The van der Waals surface area contributed by atoms with E-state index in [9.17, 15) is 9.59 Å². The van der Waals surface area contributed by atoms with E-state index in [4.69, 9.17) is 9.84 Å². The standard InChI is InChI=1S/C27H19N2O2S.C4H8O2.Na/c30-26-25(32-27(29-26)28-23-13-5-2-6-14-23)17-22-15-20-11-7-8-12-21(20)16-24(22)31-18-19-9-3-1-4-10-19;1-2-3-4(5)6;/h1,3-17H,18H2,(H,28,29,30);2-3H2,1H3,(H,5,6);. The summed E-state index contributed by atoms with van der Waals surface area (Å²) in [5, 5.41) is 13.9. The van der Waals surface area contributed by atoms with Crippen LogP contribution in [0.3, 0.4) is 0 Å². The quantitative estimate of drug-likeness (QED) is 0.213. The van der Waals surface area contributed by atoms with Crippen molar-refractivity contribution in [2.45, 2.75) is 26.4 Å². The van der Waals surface area contributed by atoms with Gasteiger partial charge in [-0.3, -0.25) is 4.79 Å². The van der Waals surface area contributed by atoms with E-state index in [0.29, 0.717) is 23.1 Å². The molecule has 0 spiro atoms. The molecule has 1 aliphatic heterocycles. The molecule has 2 N–H and O–H groups in total. The van der Waals surface area contributed by atoms with E-state index >= 15 is 0 Å². The molecule has 0 saturated carbocycles.